The summed E-state index contributed by atoms with van der Waals surface area (Å²) in [4.78, 5) is 23.6. The van der Waals surface area contributed by atoms with Gasteiger partial charge in [0.1, 0.15) is 11.3 Å². The molecule has 5 heteroatoms. The van der Waals surface area contributed by atoms with Crippen LogP contribution >= 0.6 is 0 Å². The predicted octanol–water partition coefficient (Wildman–Crippen LogP) is 3.62. The van der Waals surface area contributed by atoms with Crippen LogP contribution in [-0.4, -0.2) is 18.6 Å². The smallest absolute Gasteiger partial charge is 0.336 e. The van der Waals surface area contributed by atoms with E-state index in [9.17, 15) is 9.59 Å². The average Bonchev–Trinajstić information content (AvgIpc) is 2.65. The van der Waals surface area contributed by atoms with E-state index in [1.165, 1.54) is 11.6 Å². The lowest BCUT2D eigenvalue weighted by Gasteiger charge is -2.14. The summed E-state index contributed by atoms with van der Waals surface area (Å²) in [6.45, 7) is 3.75. The summed E-state index contributed by atoms with van der Waals surface area (Å²) in [5.74, 6) is 0.310. The number of benzene rings is 2. The van der Waals surface area contributed by atoms with Gasteiger partial charge in [0, 0.05) is 23.6 Å². The molecule has 0 bridgehead atoms. The van der Waals surface area contributed by atoms with Crippen molar-refractivity contribution >= 4 is 16.9 Å². The van der Waals surface area contributed by atoms with Gasteiger partial charge in [-0.15, -0.1) is 0 Å². The number of amides is 1. The topological polar surface area (TPSA) is 68.5 Å². The monoisotopic (exact) mass is 365 g/mol. The van der Waals surface area contributed by atoms with Gasteiger partial charge >= 0.3 is 5.63 Å². The Kier molecular flexibility index (Phi) is 5.91. The Hall–Kier alpha value is -3.08. The average molecular weight is 365 g/mol. The van der Waals surface area contributed by atoms with Crippen molar-refractivity contribution in [3.8, 4) is 5.75 Å². The van der Waals surface area contributed by atoms with Gasteiger partial charge in [-0.3, -0.25) is 4.79 Å². The standard InChI is InChI=1S/C22H23NO4/c1-15-12-22(25)27-20-13-18(10-11-19(15)20)26-14-21(24)23-16(2)8-9-17-6-4-3-5-7-17/h3-7,10-13,16H,8-9,14H2,1-2H3,(H,23,24)/t16-/m1/s1. The van der Waals surface area contributed by atoms with Crippen molar-refractivity contribution in [1.29, 1.82) is 0 Å². The van der Waals surface area contributed by atoms with E-state index >= 15 is 0 Å². The number of aryl methyl sites for hydroxylation is 2. The van der Waals surface area contributed by atoms with Crippen LogP contribution in [0.1, 0.15) is 24.5 Å². The summed E-state index contributed by atoms with van der Waals surface area (Å²) in [6.07, 6.45) is 1.77. The second-order valence-corrected chi connectivity index (χ2v) is 6.69. The SMILES string of the molecule is Cc1cc(=O)oc2cc(OCC(=O)N[C@H](C)CCc3ccccc3)ccc12. The number of hydrogen-bond acceptors (Lipinski definition) is 4. The first-order chi connectivity index (χ1) is 13.0. The highest BCUT2D eigenvalue weighted by Gasteiger charge is 2.10. The maximum atomic E-state index is 12.1. The maximum Gasteiger partial charge on any atom is 0.336 e. The summed E-state index contributed by atoms with van der Waals surface area (Å²) in [7, 11) is 0. The molecule has 3 rings (SSSR count). The van der Waals surface area contributed by atoms with Gasteiger partial charge in [-0.25, -0.2) is 4.79 Å². The molecule has 1 amide bonds. The van der Waals surface area contributed by atoms with Crippen LogP contribution in [0.15, 0.2) is 63.8 Å². The third kappa shape index (κ3) is 5.20. The Morgan fingerprint density at radius 3 is 2.70 bits per heavy atom. The molecule has 0 aliphatic rings. The van der Waals surface area contributed by atoms with Crippen molar-refractivity contribution in [3.05, 3.63) is 76.1 Å². The molecule has 1 atom stereocenters. The van der Waals surface area contributed by atoms with Crippen LogP contribution in [0.5, 0.6) is 5.75 Å². The van der Waals surface area contributed by atoms with Crippen LogP contribution in [0, 0.1) is 6.92 Å². The van der Waals surface area contributed by atoms with E-state index in [1.54, 1.807) is 12.1 Å². The molecule has 3 aromatic rings. The highest BCUT2D eigenvalue weighted by Crippen LogP contribution is 2.22. The molecule has 1 heterocycles. The fraction of sp³-hybridized carbons (Fsp3) is 0.273. The quantitative estimate of drug-likeness (QED) is 0.650. The van der Waals surface area contributed by atoms with Gasteiger partial charge in [-0.2, -0.15) is 0 Å². The second kappa shape index (κ2) is 8.54. The Balaban J connectivity index is 1.51. The number of carbonyl (C=O) groups excluding carboxylic acids is 1. The predicted molar refractivity (Wildman–Crippen MR) is 105 cm³/mol. The number of carbonyl (C=O) groups is 1. The van der Waals surface area contributed by atoms with Crippen molar-refractivity contribution in [2.75, 3.05) is 6.61 Å². The van der Waals surface area contributed by atoms with Crippen LogP contribution in [0.3, 0.4) is 0 Å². The molecule has 1 aromatic heterocycles. The fourth-order valence-corrected chi connectivity index (χ4v) is 2.96. The molecular weight excluding hydrogens is 342 g/mol. The zero-order chi connectivity index (χ0) is 19.2. The van der Waals surface area contributed by atoms with Crippen molar-refractivity contribution in [1.82, 2.24) is 5.32 Å². The summed E-state index contributed by atoms with van der Waals surface area (Å²) in [6, 6.07) is 16.9. The van der Waals surface area contributed by atoms with E-state index in [4.69, 9.17) is 9.15 Å². The molecule has 1 N–H and O–H groups in total. The van der Waals surface area contributed by atoms with Gasteiger partial charge in [0.2, 0.25) is 0 Å². The van der Waals surface area contributed by atoms with E-state index in [0.29, 0.717) is 11.3 Å². The van der Waals surface area contributed by atoms with Gasteiger partial charge in [0.25, 0.3) is 5.91 Å². The number of rotatable bonds is 7. The molecule has 0 fully saturated rings. The van der Waals surface area contributed by atoms with E-state index in [0.717, 1.165) is 23.8 Å². The molecule has 2 aromatic carbocycles. The highest BCUT2D eigenvalue weighted by atomic mass is 16.5. The minimum atomic E-state index is -0.401. The Morgan fingerprint density at radius 2 is 1.93 bits per heavy atom. The summed E-state index contributed by atoms with van der Waals surface area (Å²) >= 11 is 0. The molecule has 0 saturated heterocycles. The first kappa shape index (κ1) is 18.7. The Bertz CT molecular complexity index is 979. The maximum absolute atomic E-state index is 12.1. The first-order valence-corrected chi connectivity index (χ1v) is 9.02. The van der Waals surface area contributed by atoms with Crippen LogP contribution in [0.25, 0.3) is 11.0 Å². The minimum absolute atomic E-state index is 0.0542. The lowest BCUT2D eigenvalue weighted by Crippen LogP contribution is -2.36. The summed E-state index contributed by atoms with van der Waals surface area (Å²) in [5.41, 5.74) is 2.15. The second-order valence-electron chi connectivity index (χ2n) is 6.69. The molecule has 0 unspecified atom stereocenters. The number of nitrogens with one attached hydrogen (secondary N) is 1. The molecule has 0 spiro atoms. The van der Waals surface area contributed by atoms with Crippen molar-refractivity contribution in [2.45, 2.75) is 32.7 Å². The lowest BCUT2D eigenvalue weighted by molar-refractivity contribution is -0.123. The molecule has 0 radical (unpaired) electrons. The van der Waals surface area contributed by atoms with Crippen molar-refractivity contribution in [3.63, 3.8) is 0 Å². The minimum Gasteiger partial charge on any atom is -0.484 e. The highest BCUT2D eigenvalue weighted by molar-refractivity contribution is 5.81. The fourth-order valence-electron chi connectivity index (χ4n) is 2.96. The van der Waals surface area contributed by atoms with E-state index in [-0.39, 0.29) is 18.6 Å². The largest absolute Gasteiger partial charge is 0.484 e. The number of hydrogen-bond donors (Lipinski definition) is 1. The Labute approximate surface area is 158 Å². The number of ether oxygens (including phenoxy) is 1. The van der Waals surface area contributed by atoms with Gasteiger partial charge < -0.3 is 14.5 Å². The lowest BCUT2D eigenvalue weighted by atomic mass is 10.1. The zero-order valence-electron chi connectivity index (χ0n) is 15.5. The normalized spacial score (nSPS) is 11.9. The molecule has 0 aliphatic carbocycles. The van der Waals surface area contributed by atoms with Crippen LogP contribution < -0.4 is 15.7 Å². The van der Waals surface area contributed by atoms with E-state index in [2.05, 4.69) is 17.4 Å². The Morgan fingerprint density at radius 1 is 1.15 bits per heavy atom. The summed E-state index contributed by atoms with van der Waals surface area (Å²) < 4.78 is 10.7. The van der Waals surface area contributed by atoms with Crippen LogP contribution in [0.4, 0.5) is 0 Å². The zero-order valence-corrected chi connectivity index (χ0v) is 15.5. The first-order valence-electron chi connectivity index (χ1n) is 9.02. The number of fused-ring (bicyclic) bond motifs is 1. The molecule has 5 nitrogen and oxygen atoms in total. The van der Waals surface area contributed by atoms with Gasteiger partial charge in [0.05, 0.1) is 0 Å². The van der Waals surface area contributed by atoms with Gasteiger partial charge in [-0.1, -0.05) is 30.3 Å². The van der Waals surface area contributed by atoms with Crippen LogP contribution in [0.2, 0.25) is 0 Å². The van der Waals surface area contributed by atoms with Gasteiger partial charge in [0.15, 0.2) is 6.61 Å². The molecule has 27 heavy (non-hydrogen) atoms. The van der Waals surface area contributed by atoms with Crippen LogP contribution in [-0.2, 0) is 11.2 Å². The molecule has 0 aliphatic heterocycles. The van der Waals surface area contributed by atoms with E-state index < -0.39 is 5.63 Å². The van der Waals surface area contributed by atoms with Crippen molar-refractivity contribution < 1.29 is 13.9 Å². The van der Waals surface area contributed by atoms with E-state index in [1.807, 2.05) is 38.1 Å². The molecule has 140 valence electrons. The van der Waals surface area contributed by atoms with Gasteiger partial charge in [-0.05, 0) is 49.9 Å². The summed E-state index contributed by atoms with van der Waals surface area (Å²) in [5, 5.41) is 3.79. The molecule has 0 saturated carbocycles. The third-order valence-corrected chi connectivity index (χ3v) is 4.41. The molecular formula is C22H23NO4. The van der Waals surface area contributed by atoms with Crippen molar-refractivity contribution in [2.24, 2.45) is 0 Å². The third-order valence-electron chi connectivity index (χ3n) is 4.41.